The van der Waals surface area contributed by atoms with Gasteiger partial charge in [0.15, 0.2) is 0 Å². The summed E-state index contributed by atoms with van der Waals surface area (Å²) in [5.74, 6) is 0. The topological polar surface area (TPSA) is 3.24 Å². The van der Waals surface area contributed by atoms with Crippen molar-refractivity contribution in [3.05, 3.63) is 69.2 Å². The molecule has 0 N–H and O–H groups in total. The Labute approximate surface area is 122 Å². The van der Waals surface area contributed by atoms with Gasteiger partial charge < -0.3 is 0 Å². The molecular weight excluding hydrogens is 310 g/mol. The van der Waals surface area contributed by atoms with E-state index in [9.17, 15) is 0 Å². The summed E-state index contributed by atoms with van der Waals surface area (Å²) in [4.78, 5) is 2.27. The van der Waals surface area contributed by atoms with E-state index in [1.165, 1.54) is 11.1 Å². The fourth-order valence-corrected chi connectivity index (χ4v) is 2.61. The maximum atomic E-state index is 5.98. The van der Waals surface area contributed by atoms with Crippen LogP contribution in [0.4, 0.5) is 0 Å². The van der Waals surface area contributed by atoms with E-state index in [4.69, 9.17) is 11.6 Å². The van der Waals surface area contributed by atoms with E-state index in [-0.39, 0.29) is 0 Å². The van der Waals surface area contributed by atoms with E-state index in [1.807, 2.05) is 24.3 Å². The van der Waals surface area contributed by atoms with Crippen molar-refractivity contribution in [1.29, 1.82) is 0 Å². The molecule has 0 heterocycles. The van der Waals surface area contributed by atoms with Gasteiger partial charge in [-0.2, -0.15) is 0 Å². The SMILES string of the molecule is CN(Cc1cccc(Cl)c1)Cc1cccc(Br)c1. The Morgan fingerprint density at radius 1 is 1.00 bits per heavy atom. The van der Waals surface area contributed by atoms with E-state index < -0.39 is 0 Å². The molecule has 0 spiro atoms. The molecule has 2 rings (SSSR count). The van der Waals surface area contributed by atoms with Crippen LogP contribution in [0, 0.1) is 0 Å². The zero-order valence-electron chi connectivity index (χ0n) is 10.2. The van der Waals surface area contributed by atoms with Crippen LogP contribution in [0.3, 0.4) is 0 Å². The summed E-state index contributed by atoms with van der Waals surface area (Å²) in [6, 6.07) is 16.4. The van der Waals surface area contributed by atoms with Crippen molar-refractivity contribution < 1.29 is 0 Å². The Bertz CT molecular complexity index is 480. The first-order valence-corrected chi connectivity index (χ1v) is 6.98. The molecule has 0 radical (unpaired) electrons. The molecule has 0 bridgehead atoms. The molecule has 2 aromatic rings. The Morgan fingerprint density at radius 2 is 1.61 bits per heavy atom. The normalized spacial score (nSPS) is 10.9. The van der Waals surface area contributed by atoms with Gasteiger partial charge in [-0.3, -0.25) is 4.90 Å². The van der Waals surface area contributed by atoms with Crippen LogP contribution in [0.25, 0.3) is 0 Å². The molecule has 0 aromatic heterocycles. The molecule has 0 fully saturated rings. The van der Waals surface area contributed by atoms with E-state index in [0.717, 1.165) is 22.6 Å². The van der Waals surface area contributed by atoms with Gasteiger partial charge in [-0.15, -0.1) is 0 Å². The van der Waals surface area contributed by atoms with Gasteiger partial charge in [0, 0.05) is 22.6 Å². The Balaban J connectivity index is 1.98. The van der Waals surface area contributed by atoms with Gasteiger partial charge in [-0.25, -0.2) is 0 Å². The quantitative estimate of drug-likeness (QED) is 0.785. The molecule has 0 saturated carbocycles. The number of halogens is 2. The summed E-state index contributed by atoms with van der Waals surface area (Å²) < 4.78 is 1.12. The highest BCUT2D eigenvalue weighted by molar-refractivity contribution is 9.10. The summed E-state index contributed by atoms with van der Waals surface area (Å²) in [5.41, 5.74) is 2.54. The highest BCUT2D eigenvalue weighted by Crippen LogP contribution is 2.15. The predicted molar refractivity (Wildman–Crippen MR) is 80.8 cm³/mol. The summed E-state index contributed by atoms with van der Waals surface area (Å²) in [7, 11) is 2.11. The molecule has 0 aliphatic carbocycles. The third-order valence-corrected chi connectivity index (χ3v) is 3.41. The maximum Gasteiger partial charge on any atom is 0.0409 e. The van der Waals surface area contributed by atoms with E-state index in [2.05, 4.69) is 52.1 Å². The highest BCUT2D eigenvalue weighted by Gasteiger charge is 2.02. The minimum atomic E-state index is 0.795. The molecule has 0 atom stereocenters. The smallest absolute Gasteiger partial charge is 0.0409 e. The summed E-state index contributed by atoms with van der Waals surface area (Å²) in [6.45, 7) is 1.82. The molecule has 0 aliphatic rings. The van der Waals surface area contributed by atoms with Crippen molar-refractivity contribution >= 4 is 27.5 Å². The van der Waals surface area contributed by atoms with Crippen LogP contribution in [0.1, 0.15) is 11.1 Å². The average molecular weight is 325 g/mol. The predicted octanol–water partition coefficient (Wildman–Crippen LogP) is 4.73. The first kappa shape index (κ1) is 13.6. The van der Waals surface area contributed by atoms with Gasteiger partial charge in [0.1, 0.15) is 0 Å². The van der Waals surface area contributed by atoms with Crippen molar-refractivity contribution in [1.82, 2.24) is 4.90 Å². The lowest BCUT2D eigenvalue weighted by Gasteiger charge is -2.17. The molecule has 0 unspecified atom stereocenters. The Kier molecular flexibility index (Phi) is 4.81. The van der Waals surface area contributed by atoms with Crippen LogP contribution >= 0.6 is 27.5 Å². The van der Waals surface area contributed by atoms with Crippen molar-refractivity contribution in [2.24, 2.45) is 0 Å². The van der Waals surface area contributed by atoms with Crippen molar-refractivity contribution in [2.75, 3.05) is 7.05 Å². The average Bonchev–Trinajstić information content (AvgIpc) is 2.28. The summed E-state index contributed by atoms with van der Waals surface area (Å²) >= 11 is 9.48. The fraction of sp³-hybridized carbons (Fsp3) is 0.200. The number of nitrogens with zero attached hydrogens (tertiary/aromatic N) is 1. The number of benzene rings is 2. The molecule has 0 aliphatic heterocycles. The highest BCUT2D eigenvalue weighted by atomic mass is 79.9. The van der Waals surface area contributed by atoms with Crippen LogP contribution in [0.2, 0.25) is 5.02 Å². The first-order chi connectivity index (χ1) is 8.63. The second kappa shape index (κ2) is 6.37. The van der Waals surface area contributed by atoms with Gasteiger partial charge in [0.2, 0.25) is 0 Å². The van der Waals surface area contributed by atoms with E-state index >= 15 is 0 Å². The first-order valence-electron chi connectivity index (χ1n) is 5.81. The summed E-state index contributed by atoms with van der Waals surface area (Å²) in [5, 5.41) is 0.795. The van der Waals surface area contributed by atoms with Gasteiger partial charge >= 0.3 is 0 Å². The summed E-state index contributed by atoms with van der Waals surface area (Å²) in [6.07, 6.45) is 0. The minimum absolute atomic E-state index is 0.795. The van der Waals surface area contributed by atoms with E-state index in [1.54, 1.807) is 0 Å². The van der Waals surface area contributed by atoms with Gasteiger partial charge in [-0.1, -0.05) is 51.8 Å². The van der Waals surface area contributed by atoms with Crippen LogP contribution in [0.15, 0.2) is 53.0 Å². The molecule has 3 heteroatoms. The van der Waals surface area contributed by atoms with Crippen LogP contribution in [-0.2, 0) is 13.1 Å². The molecule has 18 heavy (non-hydrogen) atoms. The zero-order valence-corrected chi connectivity index (χ0v) is 12.6. The fourth-order valence-electron chi connectivity index (χ4n) is 1.95. The molecule has 0 amide bonds. The van der Waals surface area contributed by atoms with Gasteiger partial charge in [0.05, 0.1) is 0 Å². The van der Waals surface area contributed by atoms with Crippen molar-refractivity contribution in [3.63, 3.8) is 0 Å². The van der Waals surface area contributed by atoms with E-state index in [0.29, 0.717) is 0 Å². The second-order valence-electron chi connectivity index (χ2n) is 4.43. The lowest BCUT2D eigenvalue weighted by molar-refractivity contribution is 0.319. The monoisotopic (exact) mass is 323 g/mol. The minimum Gasteiger partial charge on any atom is -0.298 e. The second-order valence-corrected chi connectivity index (χ2v) is 5.78. The number of rotatable bonds is 4. The zero-order chi connectivity index (χ0) is 13.0. The third-order valence-electron chi connectivity index (χ3n) is 2.68. The molecular formula is C15H15BrClN. The van der Waals surface area contributed by atoms with Crippen LogP contribution in [-0.4, -0.2) is 11.9 Å². The van der Waals surface area contributed by atoms with Crippen molar-refractivity contribution in [2.45, 2.75) is 13.1 Å². The van der Waals surface area contributed by atoms with Crippen LogP contribution < -0.4 is 0 Å². The molecule has 2 aromatic carbocycles. The maximum absolute atomic E-state index is 5.98. The number of hydrogen-bond acceptors (Lipinski definition) is 1. The standard InChI is InChI=1S/C15H15BrClN/c1-18(10-12-4-2-6-14(16)8-12)11-13-5-3-7-15(17)9-13/h2-9H,10-11H2,1H3. The third kappa shape index (κ3) is 4.13. The molecule has 0 saturated heterocycles. The Morgan fingerprint density at radius 3 is 2.22 bits per heavy atom. The lowest BCUT2D eigenvalue weighted by Crippen LogP contribution is -2.17. The largest absolute Gasteiger partial charge is 0.298 e. The van der Waals surface area contributed by atoms with Gasteiger partial charge in [0.25, 0.3) is 0 Å². The van der Waals surface area contributed by atoms with Gasteiger partial charge in [-0.05, 0) is 42.4 Å². The number of hydrogen-bond donors (Lipinski definition) is 0. The van der Waals surface area contributed by atoms with Crippen molar-refractivity contribution in [3.8, 4) is 0 Å². The molecule has 1 nitrogen and oxygen atoms in total. The Hall–Kier alpha value is -0.830. The van der Waals surface area contributed by atoms with Crippen LogP contribution in [0.5, 0.6) is 0 Å². The lowest BCUT2D eigenvalue weighted by atomic mass is 10.2. The molecule has 94 valence electrons.